The number of rotatable bonds is 3. The van der Waals surface area contributed by atoms with Gasteiger partial charge in [-0.15, -0.1) is 0 Å². The molecule has 2 N–H and O–H groups in total. The number of hydrogen-bond acceptors (Lipinski definition) is 3. The molecule has 1 aromatic rings. The molecule has 94 valence electrons. The van der Waals surface area contributed by atoms with Gasteiger partial charge < -0.3 is 5.32 Å². The van der Waals surface area contributed by atoms with Gasteiger partial charge in [0.1, 0.15) is 0 Å². The number of hydrogen-bond donors (Lipinski definition) is 2. The van der Waals surface area contributed by atoms with Gasteiger partial charge in [-0.1, -0.05) is 19.9 Å². The van der Waals surface area contributed by atoms with Crippen LogP contribution in [0.15, 0.2) is 18.2 Å². The Kier molecular flexibility index (Phi) is 3.14. The Bertz CT molecular complexity index is 537. The number of fused-ring (bicyclic) bond motifs is 1. The SMILES string of the molecule is CC[C@@H](C)C(=O)Nc1cccc2c1C(=O)NC2=O. The molecule has 1 heterocycles. The largest absolute Gasteiger partial charge is 0.325 e. The molecule has 1 aliphatic heterocycles. The Morgan fingerprint density at radius 1 is 1.33 bits per heavy atom. The normalized spacial score (nSPS) is 15.0. The molecule has 0 unspecified atom stereocenters. The van der Waals surface area contributed by atoms with E-state index in [2.05, 4.69) is 10.6 Å². The smallest absolute Gasteiger partial charge is 0.261 e. The average molecular weight is 246 g/mol. The zero-order valence-electron chi connectivity index (χ0n) is 10.2. The summed E-state index contributed by atoms with van der Waals surface area (Å²) in [6.07, 6.45) is 0.714. The fourth-order valence-corrected chi connectivity index (χ4v) is 1.76. The summed E-state index contributed by atoms with van der Waals surface area (Å²) in [5, 5.41) is 4.90. The number of amides is 3. The van der Waals surface area contributed by atoms with E-state index < -0.39 is 11.8 Å². The van der Waals surface area contributed by atoms with E-state index in [1.807, 2.05) is 13.8 Å². The van der Waals surface area contributed by atoms with Crippen LogP contribution in [0.3, 0.4) is 0 Å². The molecule has 1 atom stereocenters. The molecule has 0 radical (unpaired) electrons. The van der Waals surface area contributed by atoms with Crippen molar-refractivity contribution >= 4 is 23.4 Å². The third-order valence-electron chi connectivity index (χ3n) is 3.08. The van der Waals surface area contributed by atoms with Gasteiger partial charge in [0.2, 0.25) is 5.91 Å². The van der Waals surface area contributed by atoms with Crippen molar-refractivity contribution in [2.24, 2.45) is 5.92 Å². The maximum absolute atomic E-state index is 11.8. The van der Waals surface area contributed by atoms with Crippen LogP contribution in [-0.4, -0.2) is 17.7 Å². The fourth-order valence-electron chi connectivity index (χ4n) is 1.76. The first kappa shape index (κ1) is 12.3. The van der Waals surface area contributed by atoms with Crippen molar-refractivity contribution < 1.29 is 14.4 Å². The van der Waals surface area contributed by atoms with Crippen molar-refractivity contribution in [3.05, 3.63) is 29.3 Å². The Hall–Kier alpha value is -2.17. The summed E-state index contributed by atoms with van der Waals surface area (Å²) in [7, 11) is 0. The van der Waals surface area contributed by atoms with Gasteiger partial charge in [-0.05, 0) is 18.6 Å². The van der Waals surface area contributed by atoms with E-state index in [-0.39, 0.29) is 17.4 Å². The zero-order valence-corrected chi connectivity index (χ0v) is 10.2. The molecule has 5 heteroatoms. The summed E-state index contributed by atoms with van der Waals surface area (Å²) in [6.45, 7) is 3.72. The summed E-state index contributed by atoms with van der Waals surface area (Å²) in [6, 6.07) is 4.83. The minimum atomic E-state index is -0.463. The summed E-state index contributed by atoms with van der Waals surface area (Å²) in [5.41, 5.74) is 0.947. The molecule has 0 aromatic heterocycles. The van der Waals surface area contributed by atoms with Gasteiger partial charge in [0.25, 0.3) is 11.8 Å². The predicted octanol–water partition coefficient (Wildman–Crippen LogP) is 1.55. The molecule has 0 saturated heterocycles. The van der Waals surface area contributed by atoms with E-state index in [1.54, 1.807) is 18.2 Å². The first-order valence-corrected chi connectivity index (χ1v) is 5.84. The maximum Gasteiger partial charge on any atom is 0.261 e. The lowest BCUT2D eigenvalue weighted by Crippen LogP contribution is -2.22. The number of benzene rings is 1. The Balaban J connectivity index is 2.34. The molecular formula is C13H14N2O3. The Morgan fingerprint density at radius 2 is 2.06 bits per heavy atom. The molecule has 2 rings (SSSR count). The van der Waals surface area contributed by atoms with Crippen LogP contribution in [-0.2, 0) is 4.79 Å². The Labute approximate surface area is 105 Å². The van der Waals surface area contributed by atoms with Crippen LogP contribution in [0.2, 0.25) is 0 Å². The van der Waals surface area contributed by atoms with Crippen molar-refractivity contribution in [2.75, 3.05) is 5.32 Å². The summed E-state index contributed by atoms with van der Waals surface area (Å²) in [4.78, 5) is 34.9. The molecule has 18 heavy (non-hydrogen) atoms. The van der Waals surface area contributed by atoms with Crippen LogP contribution >= 0.6 is 0 Å². The van der Waals surface area contributed by atoms with Crippen LogP contribution in [0.25, 0.3) is 0 Å². The molecule has 1 aliphatic rings. The van der Waals surface area contributed by atoms with Crippen molar-refractivity contribution in [3.8, 4) is 0 Å². The second-order valence-electron chi connectivity index (χ2n) is 4.31. The first-order chi connectivity index (χ1) is 8.54. The number of carbonyl (C=O) groups is 3. The van der Waals surface area contributed by atoms with Crippen molar-refractivity contribution in [2.45, 2.75) is 20.3 Å². The molecule has 1 aromatic carbocycles. The van der Waals surface area contributed by atoms with Crippen LogP contribution in [0.5, 0.6) is 0 Å². The lowest BCUT2D eigenvalue weighted by atomic mass is 10.1. The van der Waals surface area contributed by atoms with Crippen molar-refractivity contribution in [1.82, 2.24) is 5.32 Å². The molecule has 3 amide bonds. The van der Waals surface area contributed by atoms with E-state index in [9.17, 15) is 14.4 Å². The average Bonchev–Trinajstić information content (AvgIpc) is 2.65. The molecule has 0 saturated carbocycles. The second kappa shape index (κ2) is 4.60. The van der Waals surface area contributed by atoms with E-state index >= 15 is 0 Å². The van der Waals surface area contributed by atoms with Gasteiger partial charge in [0, 0.05) is 5.92 Å². The maximum atomic E-state index is 11.8. The van der Waals surface area contributed by atoms with Crippen LogP contribution in [0.1, 0.15) is 41.0 Å². The van der Waals surface area contributed by atoms with Crippen LogP contribution in [0.4, 0.5) is 5.69 Å². The molecule has 0 aliphatic carbocycles. The minimum Gasteiger partial charge on any atom is -0.325 e. The first-order valence-electron chi connectivity index (χ1n) is 5.84. The standard InChI is InChI=1S/C13H14N2O3/c1-3-7(2)11(16)14-9-6-4-5-8-10(9)13(18)15-12(8)17/h4-7H,3H2,1-2H3,(H,14,16)(H,15,17,18)/t7-/m1/s1. The summed E-state index contributed by atoms with van der Waals surface area (Å²) < 4.78 is 0. The number of anilines is 1. The number of nitrogens with one attached hydrogen (secondary N) is 2. The quantitative estimate of drug-likeness (QED) is 0.794. The van der Waals surface area contributed by atoms with Gasteiger partial charge in [0.05, 0.1) is 16.8 Å². The van der Waals surface area contributed by atoms with E-state index in [0.29, 0.717) is 17.7 Å². The van der Waals surface area contributed by atoms with Gasteiger partial charge in [-0.25, -0.2) is 0 Å². The minimum absolute atomic E-state index is 0.138. The molecule has 0 fully saturated rings. The fraction of sp³-hybridized carbons (Fsp3) is 0.308. The number of imide groups is 1. The monoisotopic (exact) mass is 246 g/mol. The third-order valence-corrected chi connectivity index (χ3v) is 3.08. The van der Waals surface area contributed by atoms with Crippen LogP contribution in [0, 0.1) is 5.92 Å². The van der Waals surface area contributed by atoms with Gasteiger partial charge >= 0.3 is 0 Å². The van der Waals surface area contributed by atoms with Gasteiger partial charge in [0.15, 0.2) is 0 Å². The summed E-state index contributed by atoms with van der Waals surface area (Å²) in [5.74, 6) is -1.18. The van der Waals surface area contributed by atoms with E-state index in [4.69, 9.17) is 0 Å². The highest BCUT2D eigenvalue weighted by Gasteiger charge is 2.29. The van der Waals surface area contributed by atoms with Gasteiger partial charge in [-0.3, -0.25) is 19.7 Å². The molecule has 5 nitrogen and oxygen atoms in total. The zero-order chi connectivity index (χ0) is 13.3. The molecular weight excluding hydrogens is 232 g/mol. The second-order valence-corrected chi connectivity index (χ2v) is 4.31. The molecule has 0 bridgehead atoms. The third kappa shape index (κ3) is 1.99. The lowest BCUT2D eigenvalue weighted by Gasteiger charge is -2.11. The topological polar surface area (TPSA) is 75.3 Å². The highest BCUT2D eigenvalue weighted by molar-refractivity contribution is 6.24. The van der Waals surface area contributed by atoms with Gasteiger partial charge in [-0.2, -0.15) is 0 Å². The number of carbonyl (C=O) groups excluding carboxylic acids is 3. The van der Waals surface area contributed by atoms with Crippen molar-refractivity contribution in [1.29, 1.82) is 0 Å². The molecule has 0 spiro atoms. The highest BCUT2D eigenvalue weighted by Crippen LogP contribution is 2.24. The lowest BCUT2D eigenvalue weighted by molar-refractivity contribution is -0.119. The summed E-state index contributed by atoms with van der Waals surface area (Å²) >= 11 is 0. The Morgan fingerprint density at radius 3 is 2.72 bits per heavy atom. The highest BCUT2D eigenvalue weighted by atomic mass is 16.2. The van der Waals surface area contributed by atoms with Crippen molar-refractivity contribution in [3.63, 3.8) is 0 Å². The van der Waals surface area contributed by atoms with E-state index in [1.165, 1.54) is 0 Å². The predicted molar refractivity (Wildman–Crippen MR) is 66.3 cm³/mol. The van der Waals surface area contributed by atoms with Crippen LogP contribution < -0.4 is 10.6 Å². The van der Waals surface area contributed by atoms with E-state index in [0.717, 1.165) is 0 Å².